The third-order valence-electron chi connectivity index (χ3n) is 7.18. The number of fused-ring (bicyclic) bond motifs is 5. The fraction of sp³-hybridized carbons (Fsp3) is 0.267. The molecule has 0 spiro atoms. The van der Waals surface area contributed by atoms with E-state index in [0.29, 0.717) is 12.2 Å². The summed E-state index contributed by atoms with van der Waals surface area (Å²) in [5.74, 6) is -0.341. The Morgan fingerprint density at radius 2 is 1.67 bits per heavy atom. The van der Waals surface area contributed by atoms with Gasteiger partial charge in [-0.1, -0.05) is 36.8 Å². The maximum Gasteiger partial charge on any atom is 0.167 e. The zero-order valence-electron chi connectivity index (χ0n) is 19.8. The van der Waals surface area contributed by atoms with E-state index in [4.69, 9.17) is 9.47 Å². The van der Waals surface area contributed by atoms with Crippen molar-refractivity contribution in [1.29, 1.82) is 0 Å². The van der Waals surface area contributed by atoms with Gasteiger partial charge in [-0.05, 0) is 84.2 Å². The van der Waals surface area contributed by atoms with Gasteiger partial charge in [-0.25, -0.2) is 8.78 Å². The normalized spacial score (nSPS) is 17.3. The van der Waals surface area contributed by atoms with Crippen LogP contribution in [0.1, 0.15) is 36.5 Å². The number of ether oxygens (including phenoxy) is 2. The molecule has 0 bridgehead atoms. The summed E-state index contributed by atoms with van der Waals surface area (Å²) in [7, 11) is 0. The van der Waals surface area contributed by atoms with Gasteiger partial charge in [0.15, 0.2) is 17.7 Å². The molecule has 4 nitrogen and oxygen atoms in total. The lowest BCUT2D eigenvalue weighted by atomic mass is 9.85. The fourth-order valence-electron chi connectivity index (χ4n) is 5.37. The van der Waals surface area contributed by atoms with Gasteiger partial charge >= 0.3 is 0 Å². The molecule has 184 valence electrons. The van der Waals surface area contributed by atoms with Crippen LogP contribution in [0.4, 0.5) is 8.78 Å². The minimum Gasteiger partial charge on any atom is -0.508 e. The van der Waals surface area contributed by atoms with Crippen LogP contribution in [-0.4, -0.2) is 36.2 Å². The molecule has 1 N–H and O–H groups in total. The third kappa shape index (κ3) is 4.16. The first-order valence-corrected chi connectivity index (χ1v) is 12.4. The number of hydrogen-bond acceptors (Lipinski definition) is 4. The maximum absolute atomic E-state index is 14.9. The summed E-state index contributed by atoms with van der Waals surface area (Å²) in [6.07, 6.45) is 3.15. The highest BCUT2D eigenvalue weighted by Crippen LogP contribution is 2.49. The van der Waals surface area contributed by atoms with Gasteiger partial charge in [0, 0.05) is 12.1 Å². The molecule has 1 fully saturated rings. The van der Waals surface area contributed by atoms with E-state index in [1.165, 1.54) is 19.3 Å². The largest absolute Gasteiger partial charge is 0.508 e. The number of phenolic OH excluding ortho intramolecular Hbond substituents is 1. The number of rotatable bonds is 5. The molecule has 1 saturated heterocycles. The number of aromatic hydroxyl groups is 1. The molecule has 4 aromatic carbocycles. The molecular weight excluding hydrogens is 460 g/mol. The fourth-order valence-corrected chi connectivity index (χ4v) is 5.37. The molecule has 0 aromatic heterocycles. The van der Waals surface area contributed by atoms with E-state index in [2.05, 4.69) is 4.90 Å². The van der Waals surface area contributed by atoms with Crippen LogP contribution >= 0.6 is 0 Å². The topological polar surface area (TPSA) is 41.9 Å². The number of piperidine rings is 1. The van der Waals surface area contributed by atoms with Crippen LogP contribution < -0.4 is 9.47 Å². The first-order chi connectivity index (χ1) is 17.6. The SMILES string of the molecule is Oc1ccc2c3c(ccc2c1)-c1c(F)ccc(F)c1OC3c1ccc(OCCN2CCCCC2)cc1. The molecule has 0 amide bonds. The van der Waals surface area contributed by atoms with E-state index in [-0.39, 0.29) is 17.1 Å². The van der Waals surface area contributed by atoms with Gasteiger partial charge in [-0.3, -0.25) is 4.90 Å². The van der Waals surface area contributed by atoms with E-state index >= 15 is 0 Å². The Labute approximate surface area is 208 Å². The van der Waals surface area contributed by atoms with Crippen molar-refractivity contribution in [3.8, 4) is 28.4 Å². The Balaban J connectivity index is 1.34. The third-order valence-corrected chi connectivity index (χ3v) is 7.18. The highest BCUT2D eigenvalue weighted by molar-refractivity contribution is 5.95. The van der Waals surface area contributed by atoms with Crippen LogP contribution in [0.5, 0.6) is 17.2 Å². The van der Waals surface area contributed by atoms with Crippen LogP contribution in [0.25, 0.3) is 21.9 Å². The van der Waals surface area contributed by atoms with E-state index in [1.807, 2.05) is 30.3 Å². The minimum absolute atomic E-state index is 0.0903. The number of benzene rings is 4. The zero-order chi connectivity index (χ0) is 24.6. The van der Waals surface area contributed by atoms with Gasteiger partial charge < -0.3 is 14.6 Å². The molecule has 2 aliphatic rings. The predicted octanol–water partition coefficient (Wildman–Crippen LogP) is 6.84. The molecule has 0 radical (unpaired) electrons. The maximum atomic E-state index is 14.9. The van der Waals surface area contributed by atoms with E-state index < -0.39 is 17.7 Å². The lowest BCUT2D eigenvalue weighted by Gasteiger charge is -2.31. The van der Waals surface area contributed by atoms with Gasteiger partial charge in [0.2, 0.25) is 0 Å². The first-order valence-electron chi connectivity index (χ1n) is 12.4. The molecule has 2 aliphatic heterocycles. The Morgan fingerprint density at radius 3 is 2.47 bits per heavy atom. The van der Waals surface area contributed by atoms with Gasteiger partial charge in [-0.15, -0.1) is 0 Å². The van der Waals surface area contributed by atoms with E-state index in [1.54, 1.807) is 24.3 Å². The lowest BCUT2D eigenvalue weighted by molar-refractivity contribution is 0.183. The zero-order valence-corrected chi connectivity index (χ0v) is 19.8. The quantitative estimate of drug-likeness (QED) is 0.335. The standard InChI is InChI=1S/C30H27F2NO3/c31-25-12-13-26(32)30-28(25)24-10-6-20-18-21(34)7-11-23(20)27(24)29(36-30)19-4-8-22(9-5-19)35-17-16-33-14-2-1-3-15-33/h4-13,18,29,34H,1-3,14-17H2. The molecule has 0 aliphatic carbocycles. The number of phenols is 1. The second-order valence-corrected chi connectivity index (χ2v) is 9.48. The van der Waals surface area contributed by atoms with Crippen molar-refractivity contribution in [3.05, 3.63) is 89.5 Å². The van der Waals surface area contributed by atoms with Crippen molar-refractivity contribution in [2.45, 2.75) is 25.4 Å². The summed E-state index contributed by atoms with van der Waals surface area (Å²) in [4.78, 5) is 2.43. The van der Waals surface area contributed by atoms with Crippen molar-refractivity contribution < 1.29 is 23.4 Å². The molecule has 0 saturated carbocycles. The van der Waals surface area contributed by atoms with Crippen molar-refractivity contribution >= 4 is 10.8 Å². The molecule has 6 heteroatoms. The van der Waals surface area contributed by atoms with E-state index in [9.17, 15) is 13.9 Å². The summed E-state index contributed by atoms with van der Waals surface area (Å²) in [5.41, 5.74) is 2.24. The molecule has 4 aromatic rings. The van der Waals surface area contributed by atoms with Crippen LogP contribution in [0.3, 0.4) is 0 Å². The highest BCUT2D eigenvalue weighted by Gasteiger charge is 2.33. The average Bonchev–Trinajstić information content (AvgIpc) is 2.91. The molecule has 2 heterocycles. The summed E-state index contributed by atoms with van der Waals surface area (Å²) in [6.45, 7) is 3.78. The Morgan fingerprint density at radius 1 is 0.889 bits per heavy atom. The summed E-state index contributed by atoms with van der Waals surface area (Å²) in [6, 6.07) is 18.4. The number of nitrogens with zero attached hydrogens (tertiary/aromatic N) is 1. The molecule has 1 unspecified atom stereocenters. The first kappa shape index (κ1) is 22.8. The molecule has 6 rings (SSSR count). The Bertz CT molecular complexity index is 1410. The van der Waals surface area contributed by atoms with Crippen molar-refractivity contribution in [2.75, 3.05) is 26.2 Å². The van der Waals surface area contributed by atoms with Crippen LogP contribution in [0, 0.1) is 11.6 Å². The lowest BCUT2D eigenvalue weighted by Crippen LogP contribution is -2.33. The second kappa shape index (κ2) is 9.43. The van der Waals surface area contributed by atoms with Crippen molar-refractivity contribution in [3.63, 3.8) is 0 Å². The number of halogens is 2. The highest BCUT2D eigenvalue weighted by atomic mass is 19.1. The number of likely N-dealkylation sites (tertiary alicyclic amines) is 1. The van der Waals surface area contributed by atoms with Crippen LogP contribution in [-0.2, 0) is 0 Å². The Kier molecular flexibility index (Phi) is 5.97. The van der Waals surface area contributed by atoms with Crippen molar-refractivity contribution in [1.82, 2.24) is 4.90 Å². The van der Waals surface area contributed by atoms with E-state index in [0.717, 1.165) is 59.4 Å². The average molecular weight is 488 g/mol. The van der Waals surface area contributed by atoms with Crippen LogP contribution in [0.15, 0.2) is 66.7 Å². The van der Waals surface area contributed by atoms with Gasteiger partial charge in [0.05, 0.1) is 5.56 Å². The minimum atomic E-state index is -0.653. The molecular formula is C30H27F2NO3. The Hall–Kier alpha value is -3.64. The molecule has 36 heavy (non-hydrogen) atoms. The van der Waals surface area contributed by atoms with Crippen molar-refractivity contribution in [2.24, 2.45) is 0 Å². The smallest absolute Gasteiger partial charge is 0.167 e. The number of hydrogen-bond donors (Lipinski definition) is 1. The van der Waals surface area contributed by atoms with Crippen LogP contribution in [0.2, 0.25) is 0 Å². The summed E-state index contributed by atoms with van der Waals surface area (Å²) in [5, 5.41) is 11.6. The molecule has 1 atom stereocenters. The van der Waals surface area contributed by atoms with Gasteiger partial charge in [-0.2, -0.15) is 0 Å². The van der Waals surface area contributed by atoms with Gasteiger partial charge in [0.1, 0.15) is 23.9 Å². The summed E-state index contributed by atoms with van der Waals surface area (Å²) >= 11 is 0. The monoisotopic (exact) mass is 487 g/mol. The van der Waals surface area contributed by atoms with Gasteiger partial charge in [0.25, 0.3) is 0 Å². The second-order valence-electron chi connectivity index (χ2n) is 9.48. The summed E-state index contributed by atoms with van der Waals surface area (Å²) < 4.78 is 41.9. The predicted molar refractivity (Wildman–Crippen MR) is 136 cm³/mol.